The highest BCUT2D eigenvalue weighted by atomic mass is 79.9. The third-order valence-corrected chi connectivity index (χ3v) is 3.79. The van der Waals surface area contributed by atoms with Gasteiger partial charge in [-0.05, 0) is 30.7 Å². The standard InChI is InChI=1S/C12H12BrN3OS/c13-9-2-1-8(3-5-14)10(7-9)18-12-15-6-4-11(17)16-12/h1-2,4,6-7H,3,5,14H2,(H,15,16,17). The van der Waals surface area contributed by atoms with Gasteiger partial charge in [0.2, 0.25) is 0 Å². The third kappa shape index (κ3) is 3.44. The first-order chi connectivity index (χ1) is 8.69. The molecule has 2 rings (SSSR count). The Balaban J connectivity index is 2.32. The second kappa shape index (κ2) is 6.17. The Labute approximate surface area is 117 Å². The smallest absolute Gasteiger partial charge is 0.251 e. The van der Waals surface area contributed by atoms with Gasteiger partial charge in [-0.3, -0.25) is 4.79 Å². The summed E-state index contributed by atoms with van der Waals surface area (Å²) in [6.07, 6.45) is 2.30. The molecule has 1 aromatic heterocycles. The number of halogens is 1. The molecule has 18 heavy (non-hydrogen) atoms. The van der Waals surface area contributed by atoms with Gasteiger partial charge in [-0.25, -0.2) is 4.98 Å². The van der Waals surface area contributed by atoms with Crippen LogP contribution in [0.1, 0.15) is 5.56 Å². The van der Waals surface area contributed by atoms with E-state index in [4.69, 9.17) is 5.73 Å². The van der Waals surface area contributed by atoms with Gasteiger partial charge in [0.25, 0.3) is 5.56 Å². The van der Waals surface area contributed by atoms with Crippen LogP contribution in [0.25, 0.3) is 0 Å². The molecule has 0 bridgehead atoms. The fraction of sp³-hybridized carbons (Fsp3) is 0.167. The summed E-state index contributed by atoms with van der Waals surface area (Å²) in [5.74, 6) is 0. The molecule has 3 N–H and O–H groups in total. The van der Waals surface area contributed by atoms with Crippen molar-refractivity contribution in [3.63, 3.8) is 0 Å². The molecule has 0 aliphatic rings. The summed E-state index contributed by atoms with van der Waals surface area (Å²) in [4.78, 5) is 19.1. The average molecular weight is 326 g/mol. The maximum atomic E-state index is 11.2. The molecule has 1 heterocycles. The normalized spacial score (nSPS) is 10.6. The summed E-state index contributed by atoms with van der Waals surface area (Å²) >= 11 is 4.87. The van der Waals surface area contributed by atoms with Gasteiger partial charge in [0.1, 0.15) is 0 Å². The minimum Gasteiger partial charge on any atom is -0.330 e. The highest BCUT2D eigenvalue weighted by molar-refractivity contribution is 9.10. The van der Waals surface area contributed by atoms with Crippen LogP contribution >= 0.6 is 27.7 Å². The Morgan fingerprint density at radius 1 is 1.39 bits per heavy atom. The van der Waals surface area contributed by atoms with E-state index in [1.807, 2.05) is 18.2 Å². The molecule has 2 aromatic rings. The van der Waals surface area contributed by atoms with Crippen molar-refractivity contribution in [2.24, 2.45) is 5.73 Å². The Hall–Kier alpha value is -1.11. The number of nitrogens with two attached hydrogens (primary N) is 1. The van der Waals surface area contributed by atoms with Gasteiger partial charge in [0, 0.05) is 21.6 Å². The van der Waals surface area contributed by atoms with Crippen molar-refractivity contribution < 1.29 is 0 Å². The fourth-order valence-corrected chi connectivity index (χ4v) is 2.97. The fourth-order valence-electron chi connectivity index (χ4n) is 1.49. The number of nitrogens with one attached hydrogen (secondary N) is 1. The van der Waals surface area contributed by atoms with Crippen molar-refractivity contribution in [3.05, 3.63) is 50.9 Å². The number of aromatic nitrogens is 2. The number of benzene rings is 1. The van der Waals surface area contributed by atoms with E-state index >= 15 is 0 Å². The van der Waals surface area contributed by atoms with Gasteiger partial charge in [-0.2, -0.15) is 0 Å². The molecule has 0 radical (unpaired) electrons. The van der Waals surface area contributed by atoms with Crippen molar-refractivity contribution in [1.82, 2.24) is 9.97 Å². The predicted molar refractivity (Wildman–Crippen MR) is 75.9 cm³/mol. The van der Waals surface area contributed by atoms with E-state index in [-0.39, 0.29) is 5.56 Å². The molecule has 0 aliphatic carbocycles. The van der Waals surface area contributed by atoms with Crippen molar-refractivity contribution in [1.29, 1.82) is 0 Å². The SMILES string of the molecule is NCCc1ccc(Br)cc1Sc1nccc(=O)[nH]1. The van der Waals surface area contributed by atoms with E-state index in [0.29, 0.717) is 11.7 Å². The average Bonchev–Trinajstić information content (AvgIpc) is 2.33. The Morgan fingerprint density at radius 2 is 2.22 bits per heavy atom. The van der Waals surface area contributed by atoms with Gasteiger partial charge in [-0.15, -0.1) is 0 Å². The minimum absolute atomic E-state index is 0.150. The number of aromatic amines is 1. The number of H-pyrrole nitrogens is 1. The minimum atomic E-state index is -0.150. The van der Waals surface area contributed by atoms with Gasteiger partial charge in [0.05, 0.1) is 0 Å². The quantitative estimate of drug-likeness (QED) is 0.845. The summed E-state index contributed by atoms with van der Waals surface area (Å²) in [6, 6.07) is 7.41. The zero-order chi connectivity index (χ0) is 13.0. The lowest BCUT2D eigenvalue weighted by Crippen LogP contribution is -2.06. The molecule has 0 spiro atoms. The number of nitrogens with zero attached hydrogens (tertiary/aromatic N) is 1. The van der Waals surface area contributed by atoms with Crippen LogP contribution < -0.4 is 11.3 Å². The van der Waals surface area contributed by atoms with E-state index in [1.165, 1.54) is 24.0 Å². The van der Waals surface area contributed by atoms with Gasteiger partial charge in [0.15, 0.2) is 5.16 Å². The van der Waals surface area contributed by atoms with Crippen molar-refractivity contribution >= 4 is 27.7 Å². The number of hydrogen-bond donors (Lipinski definition) is 2. The van der Waals surface area contributed by atoms with Crippen molar-refractivity contribution in [3.8, 4) is 0 Å². The molecule has 6 heteroatoms. The molecule has 0 aliphatic heterocycles. The van der Waals surface area contributed by atoms with Crippen molar-refractivity contribution in [2.45, 2.75) is 16.5 Å². The second-order valence-electron chi connectivity index (χ2n) is 3.63. The lowest BCUT2D eigenvalue weighted by Gasteiger charge is -2.08. The largest absolute Gasteiger partial charge is 0.330 e. The van der Waals surface area contributed by atoms with Gasteiger partial charge >= 0.3 is 0 Å². The van der Waals surface area contributed by atoms with Crippen LogP contribution in [-0.2, 0) is 6.42 Å². The van der Waals surface area contributed by atoms with Crippen molar-refractivity contribution in [2.75, 3.05) is 6.54 Å². The molecule has 0 amide bonds. The molecule has 0 saturated heterocycles. The highest BCUT2D eigenvalue weighted by Crippen LogP contribution is 2.30. The first-order valence-corrected chi connectivity index (χ1v) is 7.01. The van der Waals surface area contributed by atoms with Crippen LogP contribution in [0, 0.1) is 0 Å². The zero-order valence-corrected chi connectivity index (χ0v) is 11.9. The molecule has 1 aromatic carbocycles. The summed E-state index contributed by atoms with van der Waals surface area (Å²) in [5, 5.41) is 0.582. The maximum Gasteiger partial charge on any atom is 0.251 e. The van der Waals surface area contributed by atoms with E-state index in [0.717, 1.165) is 21.4 Å². The van der Waals surface area contributed by atoms with E-state index in [2.05, 4.69) is 25.9 Å². The topological polar surface area (TPSA) is 71.8 Å². The molecule has 0 atom stereocenters. The van der Waals surface area contributed by atoms with Crippen LogP contribution in [0.15, 0.2) is 49.8 Å². The molecule has 4 nitrogen and oxygen atoms in total. The summed E-state index contributed by atoms with van der Waals surface area (Å²) < 4.78 is 0.990. The molecular formula is C12H12BrN3OS. The van der Waals surface area contributed by atoms with E-state index in [1.54, 1.807) is 0 Å². The monoisotopic (exact) mass is 325 g/mol. The Kier molecular flexibility index (Phi) is 4.57. The molecule has 0 saturated carbocycles. The predicted octanol–water partition coefficient (Wildman–Crippen LogP) is 2.18. The van der Waals surface area contributed by atoms with Crippen LogP contribution in [0.4, 0.5) is 0 Å². The van der Waals surface area contributed by atoms with E-state index < -0.39 is 0 Å². The van der Waals surface area contributed by atoms with Crippen LogP contribution in [0.5, 0.6) is 0 Å². The molecule has 94 valence electrons. The van der Waals surface area contributed by atoms with Gasteiger partial charge < -0.3 is 10.7 Å². The van der Waals surface area contributed by atoms with Crippen LogP contribution in [0.3, 0.4) is 0 Å². The first-order valence-electron chi connectivity index (χ1n) is 5.41. The van der Waals surface area contributed by atoms with Crippen LogP contribution in [-0.4, -0.2) is 16.5 Å². The van der Waals surface area contributed by atoms with E-state index in [9.17, 15) is 4.79 Å². The van der Waals surface area contributed by atoms with Gasteiger partial charge in [-0.1, -0.05) is 33.8 Å². The number of rotatable bonds is 4. The first kappa shape index (κ1) is 13.3. The molecular weight excluding hydrogens is 314 g/mol. The highest BCUT2D eigenvalue weighted by Gasteiger charge is 2.06. The third-order valence-electron chi connectivity index (χ3n) is 2.30. The Morgan fingerprint density at radius 3 is 2.94 bits per heavy atom. The number of hydrogen-bond acceptors (Lipinski definition) is 4. The Bertz CT molecular complexity index is 600. The maximum absolute atomic E-state index is 11.2. The summed E-state index contributed by atoms with van der Waals surface area (Å²) in [7, 11) is 0. The summed E-state index contributed by atoms with van der Waals surface area (Å²) in [5.41, 5.74) is 6.59. The summed E-state index contributed by atoms with van der Waals surface area (Å²) in [6.45, 7) is 0.591. The lowest BCUT2D eigenvalue weighted by atomic mass is 10.1. The second-order valence-corrected chi connectivity index (χ2v) is 5.58. The molecule has 0 fully saturated rings. The van der Waals surface area contributed by atoms with Crippen LogP contribution in [0.2, 0.25) is 0 Å². The zero-order valence-electron chi connectivity index (χ0n) is 9.52. The lowest BCUT2D eigenvalue weighted by molar-refractivity contribution is 0.922. The molecule has 0 unspecified atom stereocenters.